The van der Waals surface area contributed by atoms with Crippen LogP contribution in [0.1, 0.15) is 82.6 Å². The summed E-state index contributed by atoms with van der Waals surface area (Å²) < 4.78 is 57.0. The van der Waals surface area contributed by atoms with Crippen molar-refractivity contribution in [3.8, 4) is 5.75 Å². The summed E-state index contributed by atoms with van der Waals surface area (Å²) in [4.78, 5) is 67.9. The number of anilines is 4. The van der Waals surface area contributed by atoms with Gasteiger partial charge in [-0.3, -0.25) is 24.0 Å². The molecule has 0 saturated carbocycles. The van der Waals surface area contributed by atoms with E-state index in [0.29, 0.717) is 133 Å². The zero-order valence-corrected chi connectivity index (χ0v) is 41.3. The van der Waals surface area contributed by atoms with Crippen molar-refractivity contribution in [2.24, 2.45) is 5.92 Å². The molecule has 2 aliphatic heterocycles. The van der Waals surface area contributed by atoms with Crippen LogP contribution in [0.5, 0.6) is 5.75 Å². The van der Waals surface area contributed by atoms with Crippen LogP contribution in [0.4, 0.5) is 31.9 Å². The summed E-state index contributed by atoms with van der Waals surface area (Å²) >= 11 is 1.95. The van der Waals surface area contributed by atoms with E-state index in [-0.39, 0.29) is 72.9 Å². The molecule has 2 fully saturated rings. The number of Topliss-reactive ketones (excluding diaryl/α,β-unsaturated/α-hetero) is 1. The van der Waals surface area contributed by atoms with E-state index in [4.69, 9.17) is 23.7 Å². The van der Waals surface area contributed by atoms with Gasteiger partial charge in [0.15, 0.2) is 29.0 Å². The van der Waals surface area contributed by atoms with Crippen molar-refractivity contribution in [3.63, 3.8) is 0 Å². The van der Waals surface area contributed by atoms with Crippen LogP contribution in [0.2, 0.25) is 0 Å². The Morgan fingerprint density at radius 1 is 0.732 bits per heavy atom. The molecular formula is C51H69F2N7O10S. The Bertz CT molecular complexity index is 2160. The maximum absolute atomic E-state index is 14.8. The average molecular weight is 1010 g/mol. The molecule has 20 heteroatoms. The third-order valence-corrected chi connectivity index (χ3v) is 13.1. The summed E-state index contributed by atoms with van der Waals surface area (Å²) in [5.74, 6) is 0.162. The molecule has 1 aromatic heterocycles. The third-order valence-electron chi connectivity index (χ3n) is 11.6. The molecule has 3 amide bonds. The van der Waals surface area contributed by atoms with Crippen LogP contribution in [0.3, 0.4) is 0 Å². The van der Waals surface area contributed by atoms with Crippen molar-refractivity contribution in [2.75, 3.05) is 88.9 Å². The van der Waals surface area contributed by atoms with Crippen molar-refractivity contribution in [1.29, 1.82) is 0 Å². The number of thioether (sulfide) groups is 1. The number of nitrogens with zero attached hydrogens (tertiary/aromatic N) is 2. The Labute approximate surface area is 419 Å². The zero-order chi connectivity index (χ0) is 50.5. The predicted octanol–water partition coefficient (Wildman–Crippen LogP) is 6.70. The first kappa shape index (κ1) is 56.4. The molecule has 17 nitrogen and oxygen atoms in total. The number of rotatable bonds is 38. The topological polar surface area (TPSA) is 217 Å². The largest absolute Gasteiger partial charge is 0.488 e. The molecule has 5 rings (SSSR count). The number of hydrogen-bond donors (Lipinski definition) is 5. The first-order valence-electron chi connectivity index (χ1n) is 24.6. The summed E-state index contributed by atoms with van der Waals surface area (Å²) in [7, 11) is 0. The van der Waals surface area contributed by atoms with Crippen LogP contribution < -0.4 is 31.3 Å². The fourth-order valence-corrected chi connectivity index (χ4v) is 9.45. The van der Waals surface area contributed by atoms with Crippen molar-refractivity contribution in [1.82, 2.24) is 25.9 Å². The lowest BCUT2D eigenvalue weighted by Gasteiger charge is -2.15. The van der Waals surface area contributed by atoms with Gasteiger partial charge >= 0.3 is 0 Å². The second-order valence-corrected chi connectivity index (χ2v) is 18.5. The number of allylic oxidation sites excluding steroid dienone is 1. The number of fused-ring (bicyclic) bond motifs is 1. The van der Waals surface area contributed by atoms with E-state index in [9.17, 15) is 32.8 Å². The van der Waals surface area contributed by atoms with E-state index >= 15 is 0 Å². The minimum atomic E-state index is -0.693. The monoisotopic (exact) mass is 1010 g/mol. The summed E-state index contributed by atoms with van der Waals surface area (Å²) in [5, 5.41) is 15.1. The van der Waals surface area contributed by atoms with Gasteiger partial charge in [-0.1, -0.05) is 25.1 Å². The van der Waals surface area contributed by atoms with Gasteiger partial charge in [-0.05, 0) is 74.4 Å². The van der Waals surface area contributed by atoms with E-state index < -0.39 is 11.6 Å². The molecule has 3 heterocycles. The van der Waals surface area contributed by atoms with Gasteiger partial charge in [0.2, 0.25) is 23.7 Å². The Hall–Kier alpha value is -5.54. The molecule has 2 saturated heterocycles. The second kappa shape index (κ2) is 32.4. The van der Waals surface area contributed by atoms with Gasteiger partial charge in [0, 0.05) is 112 Å². The molecule has 71 heavy (non-hydrogen) atoms. The lowest BCUT2D eigenvalue weighted by atomic mass is 9.94. The zero-order valence-electron chi connectivity index (χ0n) is 40.5. The predicted molar refractivity (Wildman–Crippen MR) is 267 cm³/mol. The maximum atomic E-state index is 14.8. The molecule has 0 bridgehead atoms. The fraction of sp³-hybridized carbons (Fsp3) is 0.549. The number of ketones is 2. The van der Waals surface area contributed by atoms with E-state index in [1.165, 1.54) is 18.2 Å². The molecule has 0 spiro atoms. The summed E-state index contributed by atoms with van der Waals surface area (Å²) in [5.41, 5.74) is 1.64. The minimum absolute atomic E-state index is 0.0118. The van der Waals surface area contributed by atoms with E-state index in [1.54, 1.807) is 30.3 Å². The van der Waals surface area contributed by atoms with Crippen LogP contribution in [0.25, 0.3) is 0 Å². The fourth-order valence-electron chi connectivity index (χ4n) is 7.80. The number of halogens is 2. The number of nitrogens with one attached hydrogen (secondary N) is 5. The Morgan fingerprint density at radius 3 is 2.06 bits per heavy atom. The molecule has 388 valence electrons. The Kier molecular flexibility index (Phi) is 25.8. The van der Waals surface area contributed by atoms with Gasteiger partial charge in [-0.2, -0.15) is 16.7 Å². The number of unbranched alkanes of at least 4 members (excludes halogenated alkanes) is 1. The Balaban J connectivity index is 0.760. The van der Waals surface area contributed by atoms with Gasteiger partial charge < -0.3 is 50.3 Å². The molecular weight excluding hydrogens is 941 g/mol. The number of benzene rings is 2. The number of ether oxygens (including phenoxy) is 5. The number of carbonyl (C=O) groups is 5. The highest BCUT2D eigenvalue weighted by molar-refractivity contribution is 8.00. The third kappa shape index (κ3) is 22.2. The van der Waals surface area contributed by atoms with Gasteiger partial charge in [-0.25, -0.2) is 13.8 Å². The normalized spacial score (nSPS) is 16.0. The standard InChI is InChI=1S/C51H69F2N7O10S/c1-2-39(61)31-36-14-16-37(17-15-36)57-50-43(53)34-56-51(60-50)58-38-18-19-45(42(52)32-38)70-30-29-66-22-6-10-40(62)9-5-13-48(64)55-21-8-24-68-26-28-69-27-25-67-23-7-20-54-47(63)12-4-3-11-46-41-33-49(65)59-44(41)35-71-46/h2,14-19,32,34,41,44,46H,1,3-13,20-31,33,35H2,(H,54,63)(H,55,64)(H,59,65)(H2,56,57,58,60)/t41-,44-,46-/m0/s1. The van der Waals surface area contributed by atoms with E-state index in [2.05, 4.69) is 43.1 Å². The van der Waals surface area contributed by atoms with Gasteiger partial charge in [-0.15, -0.1) is 0 Å². The number of hydrogen-bond acceptors (Lipinski definition) is 15. The number of amides is 3. The maximum Gasteiger partial charge on any atom is 0.229 e. The summed E-state index contributed by atoms with van der Waals surface area (Å²) in [6.45, 7) is 7.96. The van der Waals surface area contributed by atoms with Crippen LogP contribution in [0.15, 0.2) is 61.3 Å². The highest BCUT2D eigenvalue weighted by Crippen LogP contribution is 2.40. The molecule has 0 unspecified atom stereocenters. The molecule has 3 atom stereocenters. The van der Waals surface area contributed by atoms with Crippen molar-refractivity contribution in [3.05, 3.63) is 78.5 Å². The lowest BCUT2D eigenvalue weighted by molar-refractivity contribution is -0.122. The first-order chi connectivity index (χ1) is 34.6. The van der Waals surface area contributed by atoms with Crippen LogP contribution in [-0.4, -0.2) is 129 Å². The minimum Gasteiger partial charge on any atom is -0.488 e. The first-order valence-corrected chi connectivity index (χ1v) is 25.6. The van der Waals surface area contributed by atoms with Crippen LogP contribution in [-0.2, 0) is 49.3 Å². The van der Waals surface area contributed by atoms with Crippen LogP contribution >= 0.6 is 11.8 Å². The van der Waals surface area contributed by atoms with Gasteiger partial charge in [0.25, 0.3) is 0 Å². The average Bonchev–Trinajstić information content (AvgIpc) is 3.92. The smallest absolute Gasteiger partial charge is 0.229 e. The highest BCUT2D eigenvalue weighted by Gasteiger charge is 2.42. The molecule has 3 aromatic rings. The molecule has 5 N–H and O–H groups in total. The van der Waals surface area contributed by atoms with Crippen molar-refractivity contribution < 1.29 is 56.4 Å². The summed E-state index contributed by atoms with van der Waals surface area (Å²) in [6, 6.07) is 11.4. The summed E-state index contributed by atoms with van der Waals surface area (Å²) in [6.07, 6.45) is 9.83. The SMILES string of the molecule is C=CC(=O)Cc1ccc(Nc2nc(Nc3ccc(OCCOCCCC(=O)CCCC(=O)NCCCOCCOCCOCCCNC(=O)CCCC[C@@H]4SC[C@@H]5NC(=O)C[C@@H]54)c(F)c3)ncc2F)cc1. The number of carbonyl (C=O) groups excluding carboxylic acids is 5. The van der Waals surface area contributed by atoms with Gasteiger partial charge in [0.05, 0.1) is 39.2 Å². The van der Waals surface area contributed by atoms with Crippen molar-refractivity contribution >= 4 is 64.2 Å². The van der Waals surface area contributed by atoms with Gasteiger partial charge in [0.1, 0.15) is 12.4 Å². The quantitative estimate of drug-likeness (QED) is 0.0298. The lowest BCUT2D eigenvalue weighted by Crippen LogP contribution is -2.29. The number of aromatic nitrogens is 2. The second-order valence-electron chi connectivity index (χ2n) is 17.2. The van der Waals surface area contributed by atoms with Crippen molar-refractivity contribution in [2.45, 2.75) is 94.8 Å². The van der Waals surface area contributed by atoms with E-state index in [0.717, 1.165) is 43.2 Å². The highest BCUT2D eigenvalue weighted by atomic mass is 32.2. The molecule has 0 radical (unpaired) electrons. The molecule has 2 aliphatic rings. The van der Waals surface area contributed by atoms with E-state index in [1.807, 2.05) is 11.8 Å². The van der Waals surface area contributed by atoms with Crippen LogP contribution in [0, 0.1) is 17.6 Å². The Morgan fingerprint density at radius 2 is 1.37 bits per heavy atom. The molecule has 2 aromatic carbocycles. The molecule has 0 aliphatic carbocycles.